The molecule has 3 aromatic heterocycles. The minimum atomic E-state index is -1.09. The Kier molecular flexibility index (Phi) is 2.47. The summed E-state index contributed by atoms with van der Waals surface area (Å²) in [6, 6.07) is -26.6. The standard InChI is InChI=1S/C48H31N3/c1-2-14-33(15-3-1)49-44-23-11-8-20-39(44)41-31-34(27-29-47(41)49)50-43-22-10-5-19-38(43)40-28-26-32(30-48(40)50)35-16-4-9-21-42(35)51-45-24-12-6-17-36(45)37-18-7-13-25-46(37)51/h1-31H/i1D,2D,3D,4D,5D,6D,7D,8D,9D,10D,11D,12D,13D,14D,15D,16D,17D,18D,19D,20D,21D,22D,23D,24D,25D,26D,27D,28D,30D,31D. The van der Waals surface area contributed by atoms with Crippen molar-refractivity contribution in [2.75, 3.05) is 0 Å². The summed E-state index contributed by atoms with van der Waals surface area (Å²) < 4.78 is 274. The second-order valence-corrected chi connectivity index (χ2v) is 11.1. The van der Waals surface area contributed by atoms with Crippen molar-refractivity contribution < 1.29 is 41.1 Å². The number of nitrogens with zero attached hydrogens (tertiary/aromatic N) is 3. The quantitative estimate of drug-likeness (QED) is 0.176. The molecule has 0 unspecified atom stereocenters. The molecule has 0 saturated carbocycles. The van der Waals surface area contributed by atoms with E-state index in [-0.39, 0.29) is 0 Å². The first-order chi connectivity index (χ1) is 37.8. The highest BCUT2D eigenvalue weighted by Gasteiger charge is 2.19. The van der Waals surface area contributed by atoms with Crippen LogP contribution in [0.4, 0.5) is 0 Å². The zero-order valence-electron chi connectivity index (χ0n) is 55.4. The maximum absolute atomic E-state index is 10.2. The molecule has 3 heterocycles. The summed E-state index contributed by atoms with van der Waals surface area (Å²) in [7, 11) is 0. The third kappa shape index (κ3) is 4.06. The third-order valence-electron chi connectivity index (χ3n) is 8.49. The summed E-state index contributed by atoms with van der Waals surface area (Å²) in [6.45, 7) is 0. The molecule has 0 spiro atoms. The van der Waals surface area contributed by atoms with Gasteiger partial charge in [-0.05, 0) is 72.1 Å². The highest BCUT2D eigenvalue weighted by molar-refractivity contribution is 6.13. The van der Waals surface area contributed by atoms with Crippen LogP contribution >= 0.6 is 0 Å². The van der Waals surface area contributed by atoms with Crippen LogP contribution in [0.5, 0.6) is 0 Å². The molecule has 0 aliphatic carbocycles. The maximum Gasteiger partial charge on any atom is 0.0652 e. The number of para-hydroxylation sites is 6. The Labute approximate surface area is 336 Å². The summed E-state index contributed by atoms with van der Waals surface area (Å²) in [5.74, 6) is 0. The monoisotopic (exact) mass is 679 g/mol. The molecule has 3 heteroatoms. The van der Waals surface area contributed by atoms with E-state index in [1.165, 1.54) is 0 Å². The van der Waals surface area contributed by atoms with Crippen molar-refractivity contribution in [2.45, 2.75) is 0 Å². The second-order valence-electron chi connectivity index (χ2n) is 11.1. The van der Waals surface area contributed by atoms with Gasteiger partial charge >= 0.3 is 0 Å². The van der Waals surface area contributed by atoms with Crippen LogP contribution in [-0.4, -0.2) is 13.7 Å². The van der Waals surface area contributed by atoms with Gasteiger partial charge in [0.25, 0.3) is 0 Å². The lowest BCUT2D eigenvalue weighted by Gasteiger charge is -2.15. The molecule has 0 atom stereocenters. The van der Waals surface area contributed by atoms with Crippen LogP contribution in [0.3, 0.4) is 0 Å². The van der Waals surface area contributed by atoms with Gasteiger partial charge in [-0.2, -0.15) is 0 Å². The molecule has 11 rings (SSSR count). The van der Waals surface area contributed by atoms with Crippen LogP contribution in [0.25, 0.3) is 93.6 Å². The van der Waals surface area contributed by atoms with Crippen molar-refractivity contribution in [1.82, 2.24) is 13.7 Å². The first kappa shape index (κ1) is 11.6. The van der Waals surface area contributed by atoms with Crippen molar-refractivity contribution in [2.24, 2.45) is 0 Å². The number of benzene rings is 8. The van der Waals surface area contributed by atoms with Crippen LogP contribution in [0.2, 0.25) is 0 Å². The smallest absolute Gasteiger partial charge is 0.0652 e. The number of aromatic nitrogens is 3. The summed E-state index contributed by atoms with van der Waals surface area (Å²) in [5.41, 5.74) is -7.75. The van der Waals surface area contributed by atoms with Gasteiger partial charge in [0.2, 0.25) is 0 Å². The van der Waals surface area contributed by atoms with Crippen molar-refractivity contribution in [1.29, 1.82) is 0 Å². The molecule has 11 aromatic rings. The Morgan fingerprint density at radius 1 is 0.314 bits per heavy atom. The fourth-order valence-corrected chi connectivity index (χ4v) is 6.44. The number of fused-ring (bicyclic) bond motifs is 9. The van der Waals surface area contributed by atoms with E-state index in [0.717, 1.165) is 19.8 Å². The molecule has 0 radical (unpaired) electrons. The van der Waals surface area contributed by atoms with Crippen LogP contribution in [0.1, 0.15) is 41.1 Å². The van der Waals surface area contributed by atoms with Crippen molar-refractivity contribution in [3.8, 4) is 28.2 Å². The lowest BCUT2D eigenvalue weighted by molar-refractivity contribution is 1.16. The van der Waals surface area contributed by atoms with Crippen LogP contribution in [0, 0.1) is 0 Å². The van der Waals surface area contributed by atoms with Gasteiger partial charge in [0.1, 0.15) is 0 Å². The van der Waals surface area contributed by atoms with E-state index in [0.29, 0.717) is 0 Å². The van der Waals surface area contributed by atoms with Gasteiger partial charge in [0.05, 0.1) is 79.9 Å². The van der Waals surface area contributed by atoms with Gasteiger partial charge in [-0.3, -0.25) is 0 Å². The Bertz CT molecular complexity index is 4770. The number of hydrogen-bond donors (Lipinski definition) is 0. The van der Waals surface area contributed by atoms with E-state index in [1.807, 2.05) is 0 Å². The van der Waals surface area contributed by atoms with Gasteiger partial charge in [-0.1, -0.05) is 121 Å². The van der Waals surface area contributed by atoms with E-state index < -0.39 is 275 Å². The lowest BCUT2D eigenvalue weighted by Crippen LogP contribution is -1.98. The van der Waals surface area contributed by atoms with E-state index in [1.54, 1.807) is 0 Å². The van der Waals surface area contributed by atoms with Gasteiger partial charge in [0.15, 0.2) is 0 Å². The number of hydrogen-bond acceptors (Lipinski definition) is 0. The predicted molar refractivity (Wildman–Crippen MR) is 215 cm³/mol. The molecule has 238 valence electrons. The molecule has 0 bridgehead atoms. The van der Waals surface area contributed by atoms with Gasteiger partial charge in [0, 0.05) is 49.3 Å². The zero-order chi connectivity index (χ0) is 59.6. The van der Waals surface area contributed by atoms with Gasteiger partial charge < -0.3 is 13.7 Å². The molecular formula is C48H31N3. The van der Waals surface area contributed by atoms with Crippen LogP contribution in [0.15, 0.2) is 187 Å². The summed E-state index contributed by atoms with van der Waals surface area (Å²) in [5, 5.41) is -3.27. The number of rotatable bonds is 4. The topological polar surface area (TPSA) is 14.8 Å². The summed E-state index contributed by atoms with van der Waals surface area (Å²) >= 11 is 0. The largest absolute Gasteiger partial charge is 0.309 e. The zero-order valence-corrected chi connectivity index (χ0v) is 25.4. The summed E-state index contributed by atoms with van der Waals surface area (Å²) in [4.78, 5) is 0. The van der Waals surface area contributed by atoms with E-state index in [9.17, 15) is 13.7 Å². The third-order valence-corrected chi connectivity index (χ3v) is 8.49. The van der Waals surface area contributed by atoms with Crippen molar-refractivity contribution in [3.63, 3.8) is 0 Å². The molecule has 0 aliphatic rings. The maximum atomic E-state index is 10.2. The average Bonchev–Trinajstić information content (AvgIpc) is 3.62. The molecule has 0 fully saturated rings. The Morgan fingerprint density at radius 2 is 0.804 bits per heavy atom. The lowest BCUT2D eigenvalue weighted by atomic mass is 10.0. The van der Waals surface area contributed by atoms with E-state index in [4.69, 9.17) is 27.4 Å². The highest BCUT2D eigenvalue weighted by Crippen LogP contribution is 2.40. The van der Waals surface area contributed by atoms with E-state index in [2.05, 4.69) is 0 Å². The van der Waals surface area contributed by atoms with Crippen molar-refractivity contribution in [3.05, 3.63) is 187 Å². The molecular weight excluding hydrogens is 619 g/mol. The minimum Gasteiger partial charge on any atom is -0.309 e. The predicted octanol–water partition coefficient (Wildman–Crippen LogP) is 12.6. The highest BCUT2D eigenvalue weighted by atomic mass is 15.0. The van der Waals surface area contributed by atoms with Crippen LogP contribution < -0.4 is 0 Å². The second kappa shape index (κ2) is 10.8. The first-order valence-electron chi connectivity index (χ1n) is 30.1. The molecule has 0 saturated heterocycles. The molecule has 3 nitrogen and oxygen atoms in total. The van der Waals surface area contributed by atoms with Gasteiger partial charge in [-0.25, -0.2) is 0 Å². The fraction of sp³-hybridized carbons (Fsp3) is 0. The Hall–Kier alpha value is -6.84. The molecule has 0 N–H and O–H groups in total. The molecule has 51 heavy (non-hydrogen) atoms. The summed E-state index contributed by atoms with van der Waals surface area (Å²) in [6.07, 6.45) is 0. The Balaban J connectivity index is 1.40. The van der Waals surface area contributed by atoms with Crippen molar-refractivity contribution >= 4 is 65.4 Å². The normalized spacial score (nSPS) is 20.2. The Morgan fingerprint density at radius 3 is 1.45 bits per heavy atom. The molecule has 8 aromatic carbocycles. The molecule has 0 amide bonds. The van der Waals surface area contributed by atoms with Crippen LogP contribution in [-0.2, 0) is 0 Å². The van der Waals surface area contributed by atoms with E-state index >= 15 is 0 Å². The average molecular weight is 680 g/mol. The fourth-order valence-electron chi connectivity index (χ4n) is 6.44. The first-order valence-corrected chi connectivity index (χ1v) is 15.1. The van der Waals surface area contributed by atoms with Gasteiger partial charge in [-0.15, -0.1) is 0 Å². The molecule has 0 aliphatic heterocycles. The minimum absolute atomic E-state index is 0.412. The SMILES string of the molecule is [2H]c1cc2c(c([2H])c1-n1c3c([2H])c([2H])c([2H])c([2H])c3c3c([2H])c([2H])c(-c4c([2H])c([2H])c([2H])c([2H])c4-n4c5c([2H])c([2H])c([2H])c([2H])c5c5c([2H])c([2H])c([2H])c([2H])c54)c([2H])c31)c1c([2H])c([2H])c([2H])c([2H])c1n2-c1c([2H])c([2H])c([2H])c([2H])c1[2H].